The Morgan fingerprint density at radius 2 is 0.654 bits per heavy atom. The van der Waals surface area contributed by atoms with Crippen LogP contribution in [-0.2, 0) is 0 Å². The Bertz CT molecular complexity index is 2910. The van der Waals surface area contributed by atoms with Crippen molar-refractivity contribution in [2.75, 3.05) is 0 Å². The molecule has 0 aliphatic heterocycles. The summed E-state index contributed by atoms with van der Waals surface area (Å²) in [6.07, 6.45) is 8.81. The first-order valence-corrected chi connectivity index (χ1v) is 20.6. The number of thiophene rings is 4. The van der Waals surface area contributed by atoms with E-state index in [9.17, 15) is 0 Å². The molecule has 0 aliphatic carbocycles. The predicted molar refractivity (Wildman–Crippen MR) is 236 cm³/mol. The lowest BCUT2D eigenvalue weighted by atomic mass is 10.1. The van der Waals surface area contributed by atoms with Crippen LogP contribution in [0.3, 0.4) is 0 Å². The Labute approximate surface area is 318 Å². The van der Waals surface area contributed by atoms with E-state index in [4.69, 9.17) is 0 Å². The van der Waals surface area contributed by atoms with Gasteiger partial charge in [-0.15, -0.1) is 45.3 Å². The van der Waals surface area contributed by atoms with Crippen LogP contribution in [0.25, 0.3) is 83.4 Å². The summed E-state index contributed by atoms with van der Waals surface area (Å²) >= 11 is 7.56. The highest BCUT2D eigenvalue weighted by atomic mass is 32.1. The molecule has 0 spiro atoms. The minimum Gasteiger partial charge on any atom is -0.134 e. The summed E-state index contributed by atoms with van der Waals surface area (Å²) in [5.74, 6) is 6.95. The van der Waals surface area contributed by atoms with Gasteiger partial charge in [0, 0.05) is 51.5 Å². The van der Waals surface area contributed by atoms with Crippen LogP contribution in [-0.4, -0.2) is 0 Å². The normalized spacial score (nSPS) is 12.1. The number of rotatable bonds is 4. The van der Waals surface area contributed by atoms with E-state index in [-0.39, 0.29) is 0 Å². The maximum Gasteiger partial charge on any atom is 0.0542 e. The molecule has 4 aromatic heterocycles. The summed E-state index contributed by atoms with van der Waals surface area (Å²) < 4.78 is 10.8. The zero-order valence-corrected chi connectivity index (χ0v) is 31.8. The van der Waals surface area contributed by atoms with Gasteiger partial charge in [0.15, 0.2) is 0 Å². The topological polar surface area (TPSA) is 0 Å². The fourth-order valence-electron chi connectivity index (χ4n) is 6.79. The van der Waals surface area contributed by atoms with Crippen LogP contribution >= 0.6 is 45.3 Å². The van der Waals surface area contributed by atoms with E-state index in [1.807, 2.05) is 45.3 Å². The summed E-state index contributed by atoms with van der Waals surface area (Å²) in [6.45, 7) is 4.25. The van der Waals surface area contributed by atoms with Crippen molar-refractivity contribution in [3.63, 3.8) is 0 Å². The fraction of sp³-hybridized carbons (Fsp3) is 0.0417. The quantitative estimate of drug-likeness (QED) is 0.125. The molecule has 0 saturated carbocycles. The fourth-order valence-corrected chi connectivity index (χ4v) is 12.3. The van der Waals surface area contributed by atoms with Gasteiger partial charge in [0.05, 0.1) is 18.8 Å². The molecular formula is C48H30S4. The molecule has 0 N–H and O–H groups in total. The Balaban J connectivity index is 0.905. The van der Waals surface area contributed by atoms with Gasteiger partial charge in [0.2, 0.25) is 0 Å². The number of benzene rings is 6. The van der Waals surface area contributed by atoms with Crippen molar-refractivity contribution in [2.24, 2.45) is 0 Å². The van der Waals surface area contributed by atoms with Crippen molar-refractivity contribution in [1.29, 1.82) is 0 Å². The lowest BCUT2D eigenvalue weighted by molar-refractivity contribution is 1.46. The average Bonchev–Trinajstić information content (AvgIpc) is 3.90. The molecular weight excluding hydrogens is 705 g/mol. The van der Waals surface area contributed by atoms with Gasteiger partial charge in [-0.05, 0) is 72.5 Å². The second-order valence-electron chi connectivity index (χ2n) is 13.4. The van der Waals surface area contributed by atoms with Crippen molar-refractivity contribution in [3.05, 3.63) is 166 Å². The van der Waals surface area contributed by atoms with E-state index in [2.05, 4.69) is 171 Å². The molecule has 10 rings (SSSR count). The largest absolute Gasteiger partial charge is 0.134 e. The molecule has 4 heteroatoms. The molecule has 0 nitrogen and oxygen atoms in total. The standard InChI is InChI=1S/C48H30S4/c1-29-3-7-31(8-4-29)11-13-33-17-21-37-41(25-33)49-47-39-23-19-35(27-43(39)51-45(37)47)15-16-36-20-24-40-44(28-36)52-46-38-22-18-34(26-42(38)50-48(40)46)14-12-32-9-5-30(2)6-10-32/h3-14,17-28H,1-2H3. The third-order valence-electron chi connectivity index (χ3n) is 9.66. The van der Waals surface area contributed by atoms with Gasteiger partial charge in [-0.25, -0.2) is 0 Å². The Morgan fingerprint density at radius 3 is 1.04 bits per heavy atom. The van der Waals surface area contributed by atoms with E-state index in [1.54, 1.807) is 0 Å². The second-order valence-corrected chi connectivity index (χ2v) is 17.6. The van der Waals surface area contributed by atoms with Crippen LogP contribution < -0.4 is 0 Å². The molecule has 6 aromatic carbocycles. The summed E-state index contributed by atoms with van der Waals surface area (Å²) in [4.78, 5) is 0. The number of hydrogen-bond acceptors (Lipinski definition) is 4. The van der Waals surface area contributed by atoms with E-state index in [0.29, 0.717) is 0 Å². The van der Waals surface area contributed by atoms with E-state index < -0.39 is 0 Å². The molecule has 0 aliphatic rings. The molecule has 0 amide bonds. The smallest absolute Gasteiger partial charge is 0.0542 e. The lowest BCUT2D eigenvalue weighted by Gasteiger charge is -1.97. The minimum absolute atomic E-state index is 1.06. The molecule has 0 atom stereocenters. The Morgan fingerprint density at radius 1 is 0.346 bits per heavy atom. The second kappa shape index (κ2) is 12.7. The maximum absolute atomic E-state index is 3.47. The van der Waals surface area contributed by atoms with Gasteiger partial charge in [-0.1, -0.05) is 132 Å². The molecule has 10 aromatic rings. The Hall–Kier alpha value is -5.28. The van der Waals surface area contributed by atoms with Gasteiger partial charge in [-0.2, -0.15) is 0 Å². The third kappa shape index (κ3) is 5.77. The first-order chi connectivity index (χ1) is 25.5. The number of hydrogen-bond donors (Lipinski definition) is 0. The van der Waals surface area contributed by atoms with Crippen molar-refractivity contribution in [3.8, 4) is 11.8 Å². The van der Waals surface area contributed by atoms with Crippen molar-refractivity contribution in [2.45, 2.75) is 13.8 Å². The summed E-state index contributed by atoms with van der Waals surface area (Å²) in [5, 5.41) is 5.33. The van der Waals surface area contributed by atoms with Crippen LogP contribution in [0, 0.1) is 25.7 Å². The van der Waals surface area contributed by atoms with Crippen LogP contribution in [0.2, 0.25) is 0 Å². The molecule has 4 heterocycles. The molecule has 52 heavy (non-hydrogen) atoms. The van der Waals surface area contributed by atoms with Gasteiger partial charge >= 0.3 is 0 Å². The molecule has 0 fully saturated rings. The van der Waals surface area contributed by atoms with Crippen LogP contribution in [0.4, 0.5) is 0 Å². The highest BCUT2D eigenvalue weighted by Gasteiger charge is 2.14. The van der Waals surface area contributed by atoms with E-state index >= 15 is 0 Å². The first kappa shape index (κ1) is 31.5. The van der Waals surface area contributed by atoms with E-state index in [1.165, 1.54) is 92.5 Å². The third-order valence-corrected chi connectivity index (χ3v) is 14.7. The molecule has 0 unspecified atom stereocenters. The van der Waals surface area contributed by atoms with Gasteiger partial charge in [0.25, 0.3) is 0 Å². The first-order valence-electron chi connectivity index (χ1n) is 17.3. The lowest BCUT2D eigenvalue weighted by Crippen LogP contribution is -1.76. The zero-order valence-electron chi connectivity index (χ0n) is 28.5. The molecule has 0 radical (unpaired) electrons. The SMILES string of the molecule is Cc1ccc(C=Cc2ccc3c(c2)sc2c4ccc(C#Cc5ccc6c(c5)sc5c7ccc(C=Cc8ccc(C)cc8)cc7sc65)cc4sc32)cc1. The molecule has 0 saturated heterocycles. The molecule has 246 valence electrons. The van der Waals surface area contributed by atoms with Crippen LogP contribution in [0.15, 0.2) is 121 Å². The monoisotopic (exact) mass is 734 g/mol. The molecule has 0 bridgehead atoms. The maximum atomic E-state index is 3.47. The summed E-state index contributed by atoms with van der Waals surface area (Å²) in [7, 11) is 0. The average molecular weight is 735 g/mol. The van der Waals surface area contributed by atoms with Crippen molar-refractivity contribution in [1.82, 2.24) is 0 Å². The predicted octanol–water partition coefficient (Wildman–Crippen LogP) is 15.2. The number of fused-ring (bicyclic) bond motifs is 10. The van der Waals surface area contributed by atoms with E-state index in [0.717, 1.165) is 11.1 Å². The summed E-state index contributed by atoms with van der Waals surface area (Å²) in [6, 6.07) is 44.4. The van der Waals surface area contributed by atoms with Crippen molar-refractivity contribution >= 4 is 129 Å². The Kier molecular flexibility index (Phi) is 7.71. The van der Waals surface area contributed by atoms with Crippen LogP contribution in [0.1, 0.15) is 44.5 Å². The van der Waals surface area contributed by atoms with Gasteiger partial charge in [0.1, 0.15) is 0 Å². The minimum atomic E-state index is 1.06. The zero-order chi connectivity index (χ0) is 34.8. The highest BCUT2D eigenvalue weighted by Crippen LogP contribution is 2.46. The van der Waals surface area contributed by atoms with Crippen molar-refractivity contribution < 1.29 is 0 Å². The van der Waals surface area contributed by atoms with Crippen LogP contribution in [0.5, 0.6) is 0 Å². The van der Waals surface area contributed by atoms with Gasteiger partial charge < -0.3 is 0 Å². The number of aryl methyl sites for hydroxylation is 2. The highest BCUT2D eigenvalue weighted by molar-refractivity contribution is 7.37. The van der Waals surface area contributed by atoms with Gasteiger partial charge in [-0.3, -0.25) is 0 Å². The summed E-state index contributed by atoms with van der Waals surface area (Å²) in [5.41, 5.74) is 9.58.